The minimum atomic E-state index is 0. The van der Waals surface area contributed by atoms with E-state index in [4.69, 9.17) is 0 Å². The summed E-state index contributed by atoms with van der Waals surface area (Å²) in [6.45, 7) is 5.88. The number of rotatable bonds is 6. The van der Waals surface area contributed by atoms with Crippen LogP contribution in [0.2, 0.25) is 0 Å². The van der Waals surface area contributed by atoms with Gasteiger partial charge in [0.05, 0.1) is 17.2 Å². The number of nitrogens with zero attached hydrogens (tertiary/aromatic N) is 2. The first kappa shape index (κ1) is 19.4. The number of hydrogen-bond donors (Lipinski definition) is 2. The molecule has 0 saturated carbocycles. The number of aliphatic imine (C=N–C) groups is 1. The number of thiophene rings is 1. The molecular formula is C15H23IN4S2. The third-order valence-corrected chi connectivity index (χ3v) is 5.11. The molecule has 4 nitrogen and oxygen atoms in total. The molecule has 0 radical (unpaired) electrons. The second-order valence-corrected chi connectivity index (χ2v) is 7.00. The molecule has 0 amide bonds. The van der Waals surface area contributed by atoms with Crippen molar-refractivity contribution in [3.63, 3.8) is 0 Å². The maximum absolute atomic E-state index is 4.46. The van der Waals surface area contributed by atoms with Gasteiger partial charge in [0.15, 0.2) is 5.96 Å². The van der Waals surface area contributed by atoms with Crippen LogP contribution in [0.25, 0.3) is 0 Å². The highest BCUT2D eigenvalue weighted by Crippen LogP contribution is 2.16. The van der Waals surface area contributed by atoms with Crippen LogP contribution in [0.4, 0.5) is 0 Å². The zero-order valence-electron chi connectivity index (χ0n) is 13.2. The van der Waals surface area contributed by atoms with Crippen molar-refractivity contribution in [3.05, 3.63) is 38.0 Å². The fourth-order valence-electron chi connectivity index (χ4n) is 1.93. The Morgan fingerprint density at radius 2 is 2.05 bits per heavy atom. The minimum absolute atomic E-state index is 0. The monoisotopic (exact) mass is 450 g/mol. The molecule has 22 heavy (non-hydrogen) atoms. The van der Waals surface area contributed by atoms with Gasteiger partial charge in [-0.3, -0.25) is 4.99 Å². The van der Waals surface area contributed by atoms with E-state index in [-0.39, 0.29) is 24.0 Å². The smallest absolute Gasteiger partial charge is 0.191 e. The van der Waals surface area contributed by atoms with Crippen molar-refractivity contribution < 1.29 is 0 Å². The maximum Gasteiger partial charge on any atom is 0.191 e. The van der Waals surface area contributed by atoms with Gasteiger partial charge in [0.1, 0.15) is 0 Å². The predicted molar refractivity (Wildman–Crippen MR) is 108 cm³/mol. The number of nitrogens with one attached hydrogen (secondary N) is 2. The van der Waals surface area contributed by atoms with E-state index in [0.29, 0.717) is 0 Å². The summed E-state index contributed by atoms with van der Waals surface area (Å²) in [6.07, 6.45) is 2.02. The van der Waals surface area contributed by atoms with Gasteiger partial charge >= 0.3 is 0 Å². The van der Waals surface area contributed by atoms with Gasteiger partial charge in [-0.1, -0.05) is 6.92 Å². The Balaban J connectivity index is 0.00000242. The molecule has 2 aromatic heterocycles. The van der Waals surface area contributed by atoms with Gasteiger partial charge < -0.3 is 10.6 Å². The van der Waals surface area contributed by atoms with Gasteiger partial charge in [-0.05, 0) is 25.5 Å². The maximum atomic E-state index is 4.46. The van der Waals surface area contributed by atoms with Gasteiger partial charge in [-0.25, -0.2) is 4.98 Å². The van der Waals surface area contributed by atoms with E-state index in [9.17, 15) is 0 Å². The molecule has 2 aromatic rings. The Labute approximate surface area is 157 Å². The lowest BCUT2D eigenvalue weighted by molar-refractivity contribution is 0.790. The Bertz CT molecular complexity index is 592. The molecule has 0 aliphatic rings. The summed E-state index contributed by atoms with van der Waals surface area (Å²) in [6, 6.07) is 4.38. The van der Waals surface area contributed by atoms with Crippen LogP contribution in [0.1, 0.15) is 27.4 Å². The van der Waals surface area contributed by atoms with Crippen LogP contribution in [0.15, 0.2) is 22.5 Å². The molecular weight excluding hydrogens is 427 g/mol. The minimum Gasteiger partial charge on any atom is -0.356 e. The van der Waals surface area contributed by atoms with Gasteiger partial charge in [-0.2, -0.15) is 0 Å². The molecule has 0 aliphatic carbocycles. The number of halogens is 1. The molecule has 0 bridgehead atoms. The first-order valence-electron chi connectivity index (χ1n) is 7.14. The average Bonchev–Trinajstić information content (AvgIpc) is 3.11. The summed E-state index contributed by atoms with van der Waals surface area (Å²) in [5.74, 6) is 0.841. The van der Waals surface area contributed by atoms with Gasteiger partial charge in [-0.15, -0.1) is 46.7 Å². The zero-order valence-corrected chi connectivity index (χ0v) is 17.1. The lowest BCUT2D eigenvalue weighted by atomic mass is 10.3. The standard InChI is InChI=1S/C15H22N4S2.HI/c1-4-13-5-6-14(21-13)9-18-15(16-3)17-8-7-12-10-20-11(2)19-12;/h5-6,10H,4,7-9H2,1-3H3,(H2,16,17,18);1H. The van der Waals surface area contributed by atoms with E-state index >= 15 is 0 Å². The second-order valence-electron chi connectivity index (χ2n) is 4.68. The Morgan fingerprint density at radius 3 is 2.64 bits per heavy atom. The van der Waals surface area contributed by atoms with Gasteiger partial charge in [0.25, 0.3) is 0 Å². The molecule has 0 aromatic carbocycles. The summed E-state index contributed by atoms with van der Waals surface area (Å²) in [4.78, 5) is 11.5. The summed E-state index contributed by atoms with van der Waals surface area (Å²) >= 11 is 3.55. The summed E-state index contributed by atoms with van der Waals surface area (Å²) in [7, 11) is 1.80. The predicted octanol–water partition coefficient (Wildman–Crippen LogP) is 3.60. The topological polar surface area (TPSA) is 49.3 Å². The van der Waals surface area contributed by atoms with Crippen molar-refractivity contribution in [2.75, 3.05) is 13.6 Å². The molecule has 0 atom stereocenters. The highest BCUT2D eigenvalue weighted by Gasteiger charge is 2.02. The molecule has 2 N–H and O–H groups in total. The first-order valence-corrected chi connectivity index (χ1v) is 8.84. The number of aryl methyl sites for hydroxylation is 2. The van der Waals surface area contributed by atoms with E-state index in [1.165, 1.54) is 9.75 Å². The van der Waals surface area contributed by atoms with Crippen LogP contribution in [-0.4, -0.2) is 24.5 Å². The number of thiazole rings is 1. The van der Waals surface area contributed by atoms with E-state index in [1.54, 1.807) is 18.4 Å². The van der Waals surface area contributed by atoms with Crippen LogP contribution < -0.4 is 10.6 Å². The van der Waals surface area contributed by atoms with E-state index in [1.807, 2.05) is 18.3 Å². The second kappa shape index (κ2) is 10.2. The quantitative estimate of drug-likeness (QED) is 0.402. The number of aromatic nitrogens is 1. The molecule has 122 valence electrons. The molecule has 0 fully saturated rings. The Kier molecular flexibility index (Phi) is 8.96. The number of guanidine groups is 1. The summed E-state index contributed by atoms with van der Waals surface area (Å²) in [5, 5.41) is 9.91. The fraction of sp³-hybridized carbons (Fsp3) is 0.467. The molecule has 2 heterocycles. The molecule has 0 aliphatic heterocycles. The van der Waals surface area contributed by atoms with Gasteiger partial charge in [0, 0.05) is 35.1 Å². The van der Waals surface area contributed by atoms with Crippen LogP contribution in [0, 0.1) is 6.92 Å². The highest BCUT2D eigenvalue weighted by molar-refractivity contribution is 14.0. The zero-order chi connectivity index (χ0) is 15.1. The van der Waals surface area contributed by atoms with Crippen LogP contribution >= 0.6 is 46.7 Å². The third-order valence-electron chi connectivity index (χ3n) is 3.06. The van der Waals surface area contributed by atoms with E-state index in [0.717, 1.165) is 42.6 Å². The van der Waals surface area contributed by atoms with Crippen molar-refractivity contribution in [2.45, 2.75) is 33.2 Å². The van der Waals surface area contributed by atoms with Crippen molar-refractivity contribution in [1.82, 2.24) is 15.6 Å². The van der Waals surface area contributed by atoms with Crippen LogP contribution in [-0.2, 0) is 19.4 Å². The Morgan fingerprint density at radius 1 is 1.27 bits per heavy atom. The summed E-state index contributed by atoms with van der Waals surface area (Å²) < 4.78 is 0. The Hall–Kier alpha value is -0.670. The van der Waals surface area contributed by atoms with Crippen LogP contribution in [0.3, 0.4) is 0 Å². The van der Waals surface area contributed by atoms with Crippen molar-refractivity contribution in [1.29, 1.82) is 0 Å². The molecule has 0 saturated heterocycles. The molecule has 0 spiro atoms. The van der Waals surface area contributed by atoms with Crippen molar-refractivity contribution >= 4 is 52.6 Å². The van der Waals surface area contributed by atoms with E-state index < -0.39 is 0 Å². The van der Waals surface area contributed by atoms with E-state index in [2.05, 4.69) is 45.0 Å². The van der Waals surface area contributed by atoms with Crippen LogP contribution in [0.5, 0.6) is 0 Å². The SMILES string of the molecule is CCc1ccc(CNC(=NC)NCCc2csc(C)n2)s1.I. The highest BCUT2D eigenvalue weighted by atomic mass is 127. The first-order chi connectivity index (χ1) is 10.2. The molecule has 2 rings (SSSR count). The number of hydrogen-bond acceptors (Lipinski definition) is 4. The fourth-order valence-corrected chi connectivity index (χ4v) is 3.48. The van der Waals surface area contributed by atoms with Gasteiger partial charge in [0.2, 0.25) is 0 Å². The molecule has 7 heteroatoms. The largest absolute Gasteiger partial charge is 0.356 e. The molecule has 0 unspecified atom stereocenters. The lowest BCUT2D eigenvalue weighted by Gasteiger charge is -2.10. The van der Waals surface area contributed by atoms with Crippen molar-refractivity contribution in [2.24, 2.45) is 4.99 Å². The summed E-state index contributed by atoms with van der Waals surface area (Å²) in [5.41, 5.74) is 1.14. The normalized spacial score (nSPS) is 11.1. The van der Waals surface area contributed by atoms with Crippen molar-refractivity contribution in [3.8, 4) is 0 Å². The lowest BCUT2D eigenvalue weighted by Crippen LogP contribution is -2.37. The third kappa shape index (κ3) is 6.21. The average molecular weight is 450 g/mol.